The fraction of sp³-hybridized carbons (Fsp3) is 0.875. The van der Waals surface area contributed by atoms with Crippen LogP contribution in [0.25, 0.3) is 0 Å². The molecular formula is C16H28N4. The minimum absolute atomic E-state index is 0.0481. The molecule has 0 aromatic carbocycles. The summed E-state index contributed by atoms with van der Waals surface area (Å²) in [6.07, 6.45) is 0. The van der Waals surface area contributed by atoms with Gasteiger partial charge in [0, 0.05) is 0 Å². The van der Waals surface area contributed by atoms with E-state index in [1.54, 1.807) is 0 Å². The molecule has 4 heteroatoms. The first-order chi connectivity index (χ1) is 9.10. The van der Waals surface area contributed by atoms with Crippen molar-refractivity contribution >= 4 is 0 Å². The molecule has 0 spiro atoms. The van der Waals surface area contributed by atoms with Gasteiger partial charge in [0.2, 0.25) is 0 Å². The highest BCUT2D eigenvalue weighted by Crippen LogP contribution is 2.35. The Bertz CT molecular complexity index is 363. The zero-order chi connectivity index (χ0) is 16.1. The number of nitriles is 2. The Hall–Kier alpha value is -1.42. The summed E-state index contributed by atoms with van der Waals surface area (Å²) >= 11 is 0. The average molecular weight is 276 g/mol. The van der Waals surface area contributed by atoms with Gasteiger partial charge in [-0.15, -0.1) is 0 Å². The van der Waals surface area contributed by atoms with E-state index in [1.807, 2.05) is 55.4 Å². The fourth-order valence-corrected chi connectivity index (χ4v) is 2.52. The summed E-state index contributed by atoms with van der Waals surface area (Å²) in [6, 6.07) is 4.64. The molecule has 0 aliphatic rings. The van der Waals surface area contributed by atoms with Crippen molar-refractivity contribution in [1.82, 2.24) is 0 Å². The van der Waals surface area contributed by atoms with E-state index in [9.17, 15) is 10.5 Å². The molecule has 20 heavy (non-hydrogen) atoms. The second kappa shape index (κ2) is 6.84. The molecule has 0 rings (SSSR count). The molecule has 0 radical (unpaired) electrons. The lowest BCUT2D eigenvalue weighted by Crippen LogP contribution is -2.41. The summed E-state index contributed by atoms with van der Waals surface area (Å²) in [4.78, 5) is 0. The highest BCUT2D eigenvalue weighted by molar-refractivity contribution is 5.14. The van der Waals surface area contributed by atoms with E-state index in [4.69, 9.17) is 0 Å². The molecule has 112 valence electrons. The van der Waals surface area contributed by atoms with Crippen LogP contribution < -0.4 is 0 Å². The minimum Gasteiger partial charge on any atom is -0.196 e. The first-order valence-corrected chi connectivity index (χ1v) is 7.37. The van der Waals surface area contributed by atoms with Crippen molar-refractivity contribution in [1.29, 1.82) is 10.5 Å². The Kier molecular flexibility index (Phi) is 6.35. The van der Waals surface area contributed by atoms with E-state index in [1.165, 1.54) is 0 Å². The van der Waals surface area contributed by atoms with Crippen LogP contribution in [-0.2, 0) is 0 Å². The topological polar surface area (TPSA) is 72.3 Å². The number of azo groups is 1. The third-order valence-corrected chi connectivity index (χ3v) is 4.26. The van der Waals surface area contributed by atoms with Crippen LogP contribution in [0.4, 0.5) is 0 Å². The third-order valence-electron chi connectivity index (χ3n) is 4.26. The lowest BCUT2D eigenvalue weighted by Gasteiger charge is -2.33. The third kappa shape index (κ3) is 3.18. The molecular weight excluding hydrogens is 248 g/mol. The fourth-order valence-electron chi connectivity index (χ4n) is 2.52. The largest absolute Gasteiger partial charge is 0.196 e. The maximum absolute atomic E-state index is 9.58. The summed E-state index contributed by atoms with van der Waals surface area (Å²) < 4.78 is 0. The van der Waals surface area contributed by atoms with Crippen LogP contribution in [-0.4, -0.2) is 11.1 Å². The van der Waals surface area contributed by atoms with Gasteiger partial charge < -0.3 is 0 Å². The Labute approximate surface area is 123 Å². The minimum atomic E-state index is -0.869. The molecule has 0 unspecified atom stereocenters. The van der Waals surface area contributed by atoms with E-state index >= 15 is 0 Å². The summed E-state index contributed by atoms with van der Waals surface area (Å²) in [7, 11) is 0. The summed E-state index contributed by atoms with van der Waals surface area (Å²) in [5.74, 6) is 0.192. The number of hydrogen-bond acceptors (Lipinski definition) is 4. The zero-order valence-electron chi connectivity index (χ0n) is 14.1. The monoisotopic (exact) mass is 276 g/mol. The molecule has 0 fully saturated rings. The maximum Gasteiger partial charge on any atom is 0.172 e. The van der Waals surface area contributed by atoms with E-state index in [0.29, 0.717) is 0 Å². The van der Waals surface area contributed by atoms with Crippen LogP contribution >= 0.6 is 0 Å². The van der Waals surface area contributed by atoms with Crippen molar-refractivity contribution in [3.8, 4) is 12.1 Å². The van der Waals surface area contributed by atoms with Gasteiger partial charge in [0.05, 0.1) is 12.1 Å². The molecule has 0 aromatic rings. The Morgan fingerprint density at radius 1 is 0.600 bits per heavy atom. The van der Waals surface area contributed by atoms with Crippen molar-refractivity contribution in [3.63, 3.8) is 0 Å². The number of rotatable bonds is 6. The smallest absolute Gasteiger partial charge is 0.172 e. The van der Waals surface area contributed by atoms with Gasteiger partial charge in [0.15, 0.2) is 11.1 Å². The van der Waals surface area contributed by atoms with Crippen molar-refractivity contribution in [2.45, 2.75) is 66.5 Å². The first kappa shape index (κ1) is 18.6. The van der Waals surface area contributed by atoms with Crippen molar-refractivity contribution in [2.24, 2.45) is 33.9 Å². The van der Waals surface area contributed by atoms with E-state index in [-0.39, 0.29) is 23.7 Å². The average Bonchev–Trinajstić information content (AvgIpc) is 2.33. The summed E-state index contributed by atoms with van der Waals surface area (Å²) in [6.45, 7) is 15.8. The Balaban J connectivity index is 5.86. The number of hydrogen-bond donors (Lipinski definition) is 0. The number of nitrogens with zero attached hydrogens (tertiary/aromatic N) is 4. The molecule has 0 amide bonds. The quantitative estimate of drug-likeness (QED) is 0.666. The van der Waals surface area contributed by atoms with Crippen molar-refractivity contribution in [2.75, 3.05) is 0 Å². The SMILES string of the molecule is CC(C)C(C#N)(N=NC(C#N)(C(C)C)C(C)C)C(C)C. The van der Waals surface area contributed by atoms with E-state index in [0.717, 1.165) is 0 Å². The predicted octanol–water partition coefficient (Wildman–Crippen LogP) is 4.59. The van der Waals surface area contributed by atoms with E-state index in [2.05, 4.69) is 22.4 Å². The van der Waals surface area contributed by atoms with Crippen LogP contribution in [0.15, 0.2) is 10.2 Å². The zero-order valence-corrected chi connectivity index (χ0v) is 14.1. The van der Waals surface area contributed by atoms with Gasteiger partial charge >= 0.3 is 0 Å². The Morgan fingerprint density at radius 3 is 0.900 bits per heavy atom. The molecule has 0 bridgehead atoms. The maximum atomic E-state index is 9.58. The highest BCUT2D eigenvalue weighted by Gasteiger charge is 2.42. The molecule has 0 N–H and O–H groups in total. The first-order valence-electron chi connectivity index (χ1n) is 7.37. The molecule has 0 saturated carbocycles. The summed E-state index contributed by atoms with van der Waals surface area (Å²) in [5, 5.41) is 28.0. The lowest BCUT2D eigenvalue weighted by atomic mass is 9.78. The molecule has 0 saturated heterocycles. The molecule has 4 nitrogen and oxygen atoms in total. The van der Waals surface area contributed by atoms with Crippen LogP contribution in [0.1, 0.15) is 55.4 Å². The van der Waals surface area contributed by atoms with Gasteiger partial charge in [-0.05, 0) is 23.7 Å². The van der Waals surface area contributed by atoms with Crippen LogP contribution in [0.5, 0.6) is 0 Å². The van der Waals surface area contributed by atoms with E-state index < -0.39 is 11.1 Å². The van der Waals surface area contributed by atoms with Gasteiger partial charge in [0.1, 0.15) is 0 Å². The van der Waals surface area contributed by atoms with Gasteiger partial charge in [-0.3, -0.25) is 0 Å². The standard InChI is InChI=1S/C16H28N4/c1-11(2)15(9-17,12(3)4)19-20-16(10-18,13(5)6)14(7)8/h11-14H,1-8H3. The van der Waals surface area contributed by atoms with Gasteiger partial charge in [-0.25, -0.2) is 0 Å². The lowest BCUT2D eigenvalue weighted by molar-refractivity contribution is 0.240. The molecule has 0 heterocycles. The summed E-state index contributed by atoms with van der Waals surface area (Å²) in [5.41, 5.74) is -1.74. The van der Waals surface area contributed by atoms with Gasteiger partial charge in [-0.1, -0.05) is 55.4 Å². The second-order valence-electron chi connectivity index (χ2n) is 6.69. The normalized spacial score (nSPS) is 13.5. The highest BCUT2D eigenvalue weighted by atomic mass is 15.2. The molecule has 0 aromatic heterocycles. The van der Waals surface area contributed by atoms with Gasteiger partial charge in [-0.2, -0.15) is 20.8 Å². The van der Waals surface area contributed by atoms with Crippen molar-refractivity contribution in [3.05, 3.63) is 0 Å². The van der Waals surface area contributed by atoms with Crippen LogP contribution in [0, 0.1) is 46.3 Å². The molecule has 0 atom stereocenters. The second-order valence-corrected chi connectivity index (χ2v) is 6.69. The Morgan fingerprint density at radius 2 is 0.800 bits per heavy atom. The molecule has 0 aliphatic carbocycles. The van der Waals surface area contributed by atoms with Gasteiger partial charge in [0.25, 0.3) is 0 Å². The molecule has 0 aliphatic heterocycles. The van der Waals surface area contributed by atoms with Crippen LogP contribution in [0.3, 0.4) is 0 Å². The van der Waals surface area contributed by atoms with Crippen molar-refractivity contribution < 1.29 is 0 Å². The van der Waals surface area contributed by atoms with Crippen LogP contribution in [0.2, 0.25) is 0 Å². The predicted molar refractivity (Wildman–Crippen MR) is 80.9 cm³/mol.